The van der Waals surface area contributed by atoms with Crippen LogP contribution in [0.25, 0.3) is 0 Å². The minimum Gasteiger partial charge on any atom is -0.478 e. The number of rotatable bonds is 3. The van der Waals surface area contributed by atoms with Crippen LogP contribution >= 0.6 is 11.3 Å². The van der Waals surface area contributed by atoms with Crippen molar-refractivity contribution in [2.75, 3.05) is 10.6 Å². The number of carboxylic acids is 1. The third-order valence-corrected chi connectivity index (χ3v) is 3.90. The van der Waals surface area contributed by atoms with E-state index in [1.54, 1.807) is 30.9 Å². The summed E-state index contributed by atoms with van der Waals surface area (Å²) in [7, 11) is 1.73. The van der Waals surface area contributed by atoms with Gasteiger partial charge in [-0.25, -0.2) is 9.59 Å². The molecule has 0 atom stereocenters. The molecule has 0 bridgehead atoms. The third kappa shape index (κ3) is 2.80. The number of aryl methyl sites for hydroxylation is 2. The molecule has 0 spiro atoms. The standard InChI is InChI=1S/C12H14N4O3S/c1-6-7(2)20-10(9(6)11(17)18)14-12(19)13-8-4-5-16(3)15-8/h4-5H,1-3H3,(H,17,18)(H2,13,14,15,19). The van der Waals surface area contributed by atoms with Crippen LogP contribution in [-0.2, 0) is 7.05 Å². The predicted octanol–water partition coefficient (Wildman–Crippen LogP) is 2.44. The van der Waals surface area contributed by atoms with Crippen LogP contribution in [0.3, 0.4) is 0 Å². The lowest BCUT2D eigenvalue weighted by atomic mass is 10.1. The summed E-state index contributed by atoms with van der Waals surface area (Å²) >= 11 is 1.24. The first-order valence-electron chi connectivity index (χ1n) is 5.79. The van der Waals surface area contributed by atoms with Crippen LogP contribution in [0.4, 0.5) is 15.6 Å². The van der Waals surface area contributed by atoms with Gasteiger partial charge in [-0.2, -0.15) is 5.10 Å². The van der Waals surface area contributed by atoms with Crippen LogP contribution in [0.2, 0.25) is 0 Å². The summed E-state index contributed by atoms with van der Waals surface area (Å²) in [6, 6.07) is 1.12. The van der Waals surface area contributed by atoms with Crippen molar-refractivity contribution in [1.29, 1.82) is 0 Å². The first kappa shape index (κ1) is 14.1. The number of carboxylic acid groups (broad SMARTS) is 1. The van der Waals surface area contributed by atoms with Crippen molar-refractivity contribution >= 4 is 34.2 Å². The summed E-state index contributed by atoms with van der Waals surface area (Å²) in [5.41, 5.74) is 0.791. The number of carbonyl (C=O) groups is 2. The van der Waals surface area contributed by atoms with Gasteiger partial charge in [-0.05, 0) is 19.4 Å². The predicted molar refractivity (Wildman–Crippen MR) is 76.6 cm³/mol. The van der Waals surface area contributed by atoms with E-state index in [0.29, 0.717) is 16.4 Å². The van der Waals surface area contributed by atoms with Crippen LogP contribution in [-0.4, -0.2) is 26.9 Å². The number of hydrogen-bond acceptors (Lipinski definition) is 4. The molecule has 0 aliphatic heterocycles. The van der Waals surface area contributed by atoms with E-state index < -0.39 is 12.0 Å². The van der Waals surface area contributed by atoms with Crippen molar-refractivity contribution in [2.24, 2.45) is 7.05 Å². The molecule has 0 fully saturated rings. The normalized spacial score (nSPS) is 10.3. The number of anilines is 2. The molecule has 2 aromatic rings. The lowest BCUT2D eigenvalue weighted by molar-refractivity contribution is 0.0697. The van der Waals surface area contributed by atoms with Gasteiger partial charge < -0.3 is 5.11 Å². The largest absolute Gasteiger partial charge is 0.478 e. The highest BCUT2D eigenvalue weighted by molar-refractivity contribution is 7.16. The first-order chi connectivity index (χ1) is 9.38. The van der Waals surface area contributed by atoms with Gasteiger partial charge in [0.2, 0.25) is 0 Å². The summed E-state index contributed by atoms with van der Waals surface area (Å²) in [6.45, 7) is 3.53. The number of carbonyl (C=O) groups excluding carboxylic acids is 1. The fraction of sp³-hybridized carbons (Fsp3) is 0.250. The molecular formula is C12H14N4O3S. The highest BCUT2D eigenvalue weighted by Gasteiger charge is 2.20. The number of urea groups is 1. The van der Waals surface area contributed by atoms with E-state index in [1.165, 1.54) is 11.3 Å². The first-order valence-corrected chi connectivity index (χ1v) is 6.61. The van der Waals surface area contributed by atoms with Gasteiger partial charge in [0, 0.05) is 24.2 Å². The molecule has 3 N–H and O–H groups in total. The summed E-state index contributed by atoms with van der Waals surface area (Å²) in [5.74, 6) is -0.660. The molecule has 106 valence electrons. The number of aromatic nitrogens is 2. The van der Waals surface area contributed by atoms with Crippen molar-refractivity contribution in [3.05, 3.63) is 28.3 Å². The molecule has 8 heteroatoms. The second kappa shape index (κ2) is 5.33. The SMILES string of the molecule is Cc1sc(NC(=O)Nc2ccn(C)n2)c(C(=O)O)c1C. The van der Waals surface area contributed by atoms with Gasteiger partial charge in [0.15, 0.2) is 5.82 Å². The van der Waals surface area contributed by atoms with E-state index in [0.717, 1.165) is 4.88 Å². The quantitative estimate of drug-likeness (QED) is 0.810. The van der Waals surface area contributed by atoms with Gasteiger partial charge in [0.1, 0.15) is 5.00 Å². The van der Waals surface area contributed by atoms with Crippen LogP contribution in [0.15, 0.2) is 12.3 Å². The second-order valence-corrected chi connectivity index (χ2v) is 5.47. The van der Waals surface area contributed by atoms with E-state index >= 15 is 0 Å². The average molecular weight is 294 g/mol. The molecule has 2 heterocycles. The van der Waals surface area contributed by atoms with Crippen LogP contribution in [0.1, 0.15) is 20.8 Å². The number of amides is 2. The number of nitrogens with zero attached hydrogens (tertiary/aromatic N) is 2. The van der Waals surface area contributed by atoms with Gasteiger partial charge in [-0.1, -0.05) is 0 Å². The van der Waals surface area contributed by atoms with Crippen molar-refractivity contribution in [3.63, 3.8) is 0 Å². The fourth-order valence-corrected chi connectivity index (χ4v) is 2.75. The Kier molecular flexibility index (Phi) is 3.75. The third-order valence-electron chi connectivity index (χ3n) is 2.78. The average Bonchev–Trinajstić information content (AvgIpc) is 2.84. The lowest BCUT2D eigenvalue weighted by Crippen LogP contribution is -2.20. The Labute approximate surface area is 119 Å². The van der Waals surface area contributed by atoms with E-state index in [9.17, 15) is 14.7 Å². The van der Waals surface area contributed by atoms with Gasteiger partial charge in [-0.3, -0.25) is 15.3 Å². The molecule has 0 saturated heterocycles. The minimum absolute atomic E-state index is 0.128. The van der Waals surface area contributed by atoms with Crippen LogP contribution in [0, 0.1) is 13.8 Å². The van der Waals surface area contributed by atoms with Crippen molar-refractivity contribution in [1.82, 2.24) is 9.78 Å². The van der Waals surface area contributed by atoms with Gasteiger partial charge in [0.25, 0.3) is 0 Å². The number of aromatic carboxylic acids is 1. The minimum atomic E-state index is -1.06. The maximum atomic E-state index is 11.8. The number of hydrogen-bond donors (Lipinski definition) is 3. The lowest BCUT2D eigenvalue weighted by Gasteiger charge is -2.04. The topological polar surface area (TPSA) is 96.3 Å². The van der Waals surface area contributed by atoms with Gasteiger partial charge in [0.05, 0.1) is 5.56 Å². The van der Waals surface area contributed by atoms with Crippen LogP contribution < -0.4 is 10.6 Å². The molecule has 0 unspecified atom stereocenters. The molecule has 0 aliphatic rings. The van der Waals surface area contributed by atoms with Crippen LogP contribution in [0.5, 0.6) is 0 Å². The molecule has 2 amide bonds. The maximum Gasteiger partial charge on any atom is 0.338 e. The number of nitrogens with one attached hydrogen (secondary N) is 2. The molecule has 2 aromatic heterocycles. The Morgan fingerprint density at radius 3 is 2.60 bits per heavy atom. The summed E-state index contributed by atoms with van der Waals surface area (Å²) in [4.78, 5) is 23.9. The molecular weight excluding hydrogens is 280 g/mol. The Hall–Kier alpha value is -2.35. The zero-order chi connectivity index (χ0) is 14.9. The zero-order valence-corrected chi connectivity index (χ0v) is 12.0. The number of thiophene rings is 1. The van der Waals surface area contributed by atoms with E-state index in [1.807, 2.05) is 6.92 Å². The van der Waals surface area contributed by atoms with Crippen molar-refractivity contribution in [3.8, 4) is 0 Å². The second-order valence-electron chi connectivity index (χ2n) is 4.25. The molecule has 0 radical (unpaired) electrons. The fourth-order valence-electron chi connectivity index (χ4n) is 1.70. The Morgan fingerprint density at radius 2 is 2.05 bits per heavy atom. The molecule has 0 aromatic carbocycles. The molecule has 2 rings (SSSR count). The molecule has 0 aliphatic carbocycles. The molecule has 0 saturated carbocycles. The van der Waals surface area contributed by atoms with Crippen molar-refractivity contribution < 1.29 is 14.7 Å². The highest BCUT2D eigenvalue weighted by Crippen LogP contribution is 2.32. The Balaban J connectivity index is 2.16. The molecule has 7 nitrogen and oxygen atoms in total. The summed E-state index contributed by atoms with van der Waals surface area (Å²) in [6.07, 6.45) is 1.69. The van der Waals surface area contributed by atoms with Crippen molar-refractivity contribution in [2.45, 2.75) is 13.8 Å². The summed E-state index contributed by atoms with van der Waals surface area (Å²) in [5, 5.41) is 18.6. The Bertz CT molecular complexity index is 674. The maximum absolute atomic E-state index is 11.8. The van der Waals surface area contributed by atoms with Gasteiger partial charge >= 0.3 is 12.0 Å². The van der Waals surface area contributed by atoms with E-state index in [4.69, 9.17) is 0 Å². The smallest absolute Gasteiger partial charge is 0.338 e. The zero-order valence-electron chi connectivity index (χ0n) is 11.2. The molecule has 20 heavy (non-hydrogen) atoms. The van der Waals surface area contributed by atoms with Gasteiger partial charge in [-0.15, -0.1) is 11.3 Å². The monoisotopic (exact) mass is 294 g/mol. The Morgan fingerprint density at radius 1 is 1.35 bits per heavy atom. The van der Waals surface area contributed by atoms with E-state index in [-0.39, 0.29) is 5.56 Å². The van der Waals surface area contributed by atoms with E-state index in [2.05, 4.69) is 15.7 Å². The highest BCUT2D eigenvalue weighted by atomic mass is 32.1. The summed E-state index contributed by atoms with van der Waals surface area (Å²) < 4.78 is 1.55.